The molecule has 0 saturated carbocycles. The fourth-order valence-corrected chi connectivity index (χ4v) is 2.74. The summed E-state index contributed by atoms with van der Waals surface area (Å²) >= 11 is 0. The molecule has 2 saturated heterocycles. The molecule has 88 valence electrons. The van der Waals surface area contributed by atoms with Crippen molar-refractivity contribution in [1.82, 2.24) is 10.2 Å². The fourth-order valence-electron chi connectivity index (χ4n) is 2.74. The maximum atomic E-state index is 5.51. The first-order chi connectivity index (χ1) is 7.12. The topological polar surface area (TPSA) is 24.5 Å². The molecule has 2 heterocycles. The lowest BCUT2D eigenvalue weighted by Gasteiger charge is -2.46. The minimum absolute atomic E-state index is 0.258. The molecule has 0 aromatic carbocycles. The van der Waals surface area contributed by atoms with Crippen molar-refractivity contribution in [3.8, 4) is 0 Å². The van der Waals surface area contributed by atoms with E-state index in [0.717, 1.165) is 26.3 Å². The largest absolute Gasteiger partial charge is 0.380 e. The van der Waals surface area contributed by atoms with Crippen molar-refractivity contribution in [2.75, 3.05) is 26.3 Å². The lowest BCUT2D eigenvalue weighted by Crippen LogP contribution is -2.63. The van der Waals surface area contributed by atoms with Crippen molar-refractivity contribution in [3.05, 3.63) is 0 Å². The van der Waals surface area contributed by atoms with E-state index in [1.807, 2.05) is 0 Å². The molecule has 15 heavy (non-hydrogen) atoms. The second kappa shape index (κ2) is 4.40. The Labute approximate surface area is 93.2 Å². The molecule has 0 spiro atoms. The van der Waals surface area contributed by atoms with Crippen LogP contribution in [0.3, 0.4) is 0 Å². The van der Waals surface area contributed by atoms with E-state index in [2.05, 4.69) is 31.0 Å². The third kappa shape index (κ3) is 2.52. The molecule has 2 unspecified atom stereocenters. The molecule has 2 aliphatic rings. The Hall–Kier alpha value is -0.120. The van der Waals surface area contributed by atoms with Crippen LogP contribution >= 0.6 is 0 Å². The molecule has 0 aromatic rings. The molecule has 0 amide bonds. The van der Waals surface area contributed by atoms with Gasteiger partial charge in [0, 0.05) is 37.3 Å². The summed E-state index contributed by atoms with van der Waals surface area (Å²) in [4.78, 5) is 2.67. The van der Waals surface area contributed by atoms with E-state index >= 15 is 0 Å². The first-order valence-corrected chi connectivity index (χ1v) is 6.21. The molecule has 2 atom stereocenters. The van der Waals surface area contributed by atoms with Crippen LogP contribution in [-0.2, 0) is 4.74 Å². The maximum absolute atomic E-state index is 5.51. The second-order valence-electron chi connectivity index (χ2n) is 5.52. The maximum Gasteiger partial charge on any atom is 0.0622 e. The minimum Gasteiger partial charge on any atom is -0.380 e. The van der Waals surface area contributed by atoms with Crippen LogP contribution in [0.1, 0.15) is 33.6 Å². The Morgan fingerprint density at radius 2 is 2.27 bits per heavy atom. The zero-order valence-corrected chi connectivity index (χ0v) is 10.3. The van der Waals surface area contributed by atoms with E-state index in [1.54, 1.807) is 0 Å². The molecule has 3 nitrogen and oxygen atoms in total. The molecule has 0 bridgehead atoms. The molecule has 0 aromatic heterocycles. The van der Waals surface area contributed by atoms with Crippen LogP contribution in [0, 0.1) is 0 Å². The van der Waals surface area contributed by atoms with Gasteiger partial charge < -0.3 is 10.1 Å². The first kappa shape index (κ1) is 11.4. The normalized spacial score (nSPS) is 37.0. The number of rotatable bonds is 2. The summed E-state index contributed by atoms with van der Waals surface area (Å²) in [6.45, 7) is 11.0. The molecular weight excluding hydrogens is 188 g/mol. The SMILES string of the molecule is CCC1CNC(C)(C)CN1C1CCOC1. The molecule has 2 aliphatic heterocycles. The van der Waals surface area contributed by atoms with Crippen LogP contribution in [0.25, 0.3) is 0 Å². The average Bonchev–Trinajstić information content (AvgIpc) is 2.69. The van der Waals surface area contributed by atoms with Gasteiger partial charge in [0.05, 0.1) is 6.61 Å². The third-order valence-electron chi connectivity index (χ3n) is 3.71. The summed E-state index contributed by atoms with van der Waals surface area (Å²) in [5.41, 5.74) is 0.258. The molecular formula is C12H24N2O. The van der Waals surface area contributed by atoms with Crippen molar-refractivity contribution < 1.29 is 4.74 Å². The molecule has 2 fully saturated rings. The monoisotopic (exact) mass is 212 g/mol. The van der Waals surface area contributed by atoms with Crippen molar-refractivity contribution in [3.63, 3.8) is 0 Å². The van der Waals surface area contributed by atoms with Crippen molar-refractivity contribution in [1.29, 1.82) is 0 Å². The van der Waals surface area contributed by atoms with Crippen LogP contribution in [0.2, 0.25) is 0 Å². The number of hydrogen-bond donors (Lipinski definition) is 1. The van der Waals surface area contributed by atoms with Crippen molar-refractivity contribution in [2.24, 2.45) is 0 Å². The van der Waals surface area contributed by atoms with Gasteiger partial charge in [0.15, 0.2) is 0 Å². The zero-order valence-electron chi connectivity index (χ0n) is 10.3. The highest BCUT2D eigenvalue weighted by molar-refractivity contribution is 4.95. The molecule has 2 rings (SSSR count). The van der Waals surface area contributed by atoms with Gasteiger partial charge in [0.2, 0.25) is 0 Å². The van der Waals surface area contributed by atoms with Gasteiger partial charge in [-0.15, -0.1) is 0 Å². The van der Waals surface area contributed by atoms with E-state index in [1.165, 1.54) is 12.8 Å². The van der Waals surface area contributed by atoms with Gasteiger partial charge in [-0.2, -0.15) is 0 Å². The van der Waals surface area contributed by atoms with Gasteiger partial charge in [-0.3, -0.25) is 4.90 Å². The highest BCUT2D eigenvalue weighted by Gasteiger charge is 2.36. The van der Waals surface area contributed by atoms with Crippen LogP contribution in [0.15, 0.2) is 0 Å². The van der Waals surface area contributed by atoms with Gasteiger partial charge in [-0.05, 0) is 26.7 Å². The lowest BCUT2D eigenvalue weighted by molar-refractivity contribution is 0.0451. The Bertz CT molecular complexity index is 210. The highest BCUT2D eigenvalue weighted by Crippen LogP contribution is 2.23. The van der Waals surface area contributed by atoms with Crippen molar-refractivity contribution >= 4 is 0 Å². The average molecular weight is 212 g/mol. The third-order valence-corrected chi connectivity index (χ3v) is 3.71. The number of nitrogens with one attached hydrogen (secondary N) is 1. The summed E-state index contributed by atoms with van der Waals surface area (Å²) in [7, 11) is 0. The Balaban J connectivity index is 2.03. The first-order valence-electron chi connectivity index (χ1n) is 6.21. The zero-order chi connectivity index (χ0) is 10.9. The Morgan fingerprint density at radius 3 is 2.87 bits per heavy atom. The van der Waals surface area contributed by atoms with E-state index in [0.29, 0.717) is 12.1 Å². The smallest absolute Gasteiger partial charge is 0.0622 e. The quantitative estimate of drug-likeness (QED) is 0.745. The van der Waals surface area contributed by atoms with Crippen molar-refractivity contribution in [2.45, 2.75) is 51.2 Å². The van der Waals surface area contributed by atoms with E-state index in [4.69, 9.17) is 4.74 Å². The predicted molar refractivity (Wildman–Crippen MR) is 62.1 cm³/mol. The number of hydrogen-bond acceptors (Lipinski definition) is 3. The lowest BCUT2D eigenvalue weighted by atomic mass is 9.95. The van der Waals surface area contributed by atoms with Gasteiger partial charge >= 0.3 is 0 Å². The van der Waals surface area contributed by atoms with Crippen LogP contribution < -0.4 is 5.32 Å². The van der Waals surface area contributed by atoms with Gasteiger partial charge in [-0.25, -0.2) is 0 Å². The molecule has 1 N–H and O–H groups in total. The number of ether oxygens (including phenoxy) is 1. The summed E-state index contributed by atoms with van der Waals surface area (Å²) in [5, 5.41) is 3.63. The molecule has 0 radical (unpaired) electrons. The van der Waals surface area contributed by atoms with Crippen LogP contribution in [0.4, 0.5) is 0 Å². The van der Waals surface area contributed by atoms with Gasteiger partial charge in [-0.1, -0.05) is 6.92 Å². The van der Waals surface area contributed by atoms with E-state index < -0.39 is 0 Å². The summed E-state index contributed by atoms with van der Waals surface area (Å²) in [6.07, 6.45) is 2.45. The predicted octanol–water partition coefficient (Wildman–Crippen LogP) is 1.24. The van der Waals surface area contributed by atoms with E-state index in [-0.39, 0.29) is 5.54 Å². The van der Waals surface area contributed by atoms with Crippen LogP contribution in [0.5, 0.6) is 0 Å². The fraction of sp³-hybridized carbons (Fsp3) is 1.00. The summed E-state index contributed by atoms with van der Waals surface area (Å²) in [6, 6.07) is 1.36. The summed E-state index contributed by atoms with van der Waals surface area (Å²) in [5.74, 6) is 0. The van der Waals surface area contributed by atoms with Crippen LogP contribution in [-0.4, -0.2) is 48.8 Å². The number of piperazine rings is 1. The molecule has 0 aliphatic carbocycles. The van der Waals surface area contributed by atoms with E-state index in [9.17, 15) is 0 Å². The Kier molecular flexibility index (Phi) is 3.33. The summed E-state index contributed by atoms with van der Waals surface area (Å²) < 4.78 is 5.51. The number of nitrogens with zero attached hydrogens (tertiary/aromatic N) is 1. The van der Waals surface area contributed by atoms with Gasteiger partial charge in [0.1, 0.15) is 0 Å². The standard InChI is InChI=1S/C12H24N2O/c1-4-10-7-13-12(2,3)9-14(10)11-5-6-15-8-11/h10-11,13H,4-9H2,1-3H3. The van der Waals surface area contributed by atoms with Gasteiger partial charge in [0.25, 0.3) is 0 Å². The minimum atomic E-state index is 0.258. The molecule has 3 heteroatoms. The Morgan fingerprint density at radius 1 is 1.47 bits per heavy atom. The highest BCUT2D eigenvalue weighted by atomic mass is 16.5. The second-order valence-corrected chi connectivity index (χ2v) is 5.52.